The lowest BCUT2D eigenvalue weighted by molar-refractivity contribution is 0.193. The van der Waals surface area contributed by atoms with Gasteiger partial charge in [-0.05, 0) is 30.7 Å². The number of hydrogen-bond acceptors (Lipinski definition) is 4. The Bertz CT molecular complexity index is 880. The highest BCUT2D eigenvalue weighted by Gasteiger charge is 2.24. The largest absolute Gasteiger partial charge is 0.368 e. The molecular formula is C18H19N5O. The quantitative estimate of drug-likeness (QED) is 0.691. The summed E-state index contributed by atoms with van der Waals surface area (Å²) in [5.74, 6) is 0. The molecule has 122 valence electrons. The first-order chi connectivity index (χ1) is 11.7. The monoisotopic (exact) mass is 321 g/mol. The van der Waals surface area contributed by atoms with E-state index in [-0.39, 0.29) is 6.03 Å². The minimum absolute atomic E-state index is 0.104. The van der Waals surface area contributed by atoms with Crippen molar-refractivity contribution in [1.29, 1.82) is 0 Å². The van der Waals surface area contributed by atoms with Gasteiger partial charge < -0.3 is 9.80 Å². The number of amides is 1. The van der Waals surface area contributed by atoms with Crippen LogP contribution in [0.2, 0.25) is 0 Å². The number of nitrogens with zero attached hydrogens (tertiary/aromatic N) is 5. The van der Waals surface area contributed by atoms with Crippen LogP contribution < -0.4 is 4.90 Å². The van der Waals surface area contributed by atoms with Gasteiger partial charge in [0.25, 0.3) is 0 Å². The summed E-state index contributed by atoms with van der Waals surface area (Å²) < 4.78 is 1.40. The van der Waals surface area contributed by atoms with E-state index in [0.29, 0.717) is 13.1 Å². The fraction of sp³-hybridized carbons (Fsp3) is 0.278. The second-order valence-electron chi connectivity index (χ2n) is 6.03. The van der Waals surface area contributed by atoms with E-state index in [1.165, 1.54) is 15.9 Å². The highest BCUT2D eigenvalue weighted by molar-refractivity contribution is 5.87. The van der Waals surface area contributed by atoms with Gasteiger partial charge in [-0.1, -0.05) is 35.5 Å². The van der Waals surface area contributed by atoms with Crippen molar-refractivity contribution >= 4 is 22.8 Å². The van der Waals surface area contributed by atoms with Crippen molar-refractivity contribution in [2.45, 2.75) is 6.92 Å². The molecule has 0 N–H and O–H groups in total. The van der Waals surface area contributed by atoms with Crippen molar-refractivity contribution in [3.8, 4) is 0 Å². The average Bonchev–Trinajstić information content (AvgIpc) is 3.06. The molecule has 24 heavy (non-hydrogen) atoms. The molecule has 1 amide bonds. The zero-order valence-corrected chi connectivity index (χ0v) is 13.6. The fourth-order valence-corrected chi connectivity index (χ4v) is 3.20. The van der Waals surface area contributed by atoms with E-state index >= 15 is 0 Å². The maximum Gasteiger partial charge on any atom is 0.346 e. The Labute approximate surface area is 140 Å². The minimum atomic E-state index is -0.104. The Hall–Kier alpha value is -2.89. The van der Waals surface area contributed by atoms with Gasteiger partial charge in [0.05, 0.1) is 5.52 Å². The maximum atomic E-state index is 12.8. The number of hydrogen-bond donors (Lipinski definition) is 0. The molecule has 0 bridgehead atoms. The Morgan fingerprint density at radius 1 is 0.958 bits per heavy atom. The molecule has 0 aliphatic carbocycles. The summed E-state index contributed by atoms with van der Waals surface area (Å²) in [6, 6.07) is 15.8. The lowest BCUT2D eigenvalue weighted by Gasteiger charge is -2.36. The van der Waals surface area contributed by atoms with Gasteiger partial charge in [-0.3, -0.25) is 0 Å². The summed E-state index contributed by atoms with van der Waals surface area (Å²) in [6.45, 7) is 5.13. The number of para-hydroxylation sites is 2. The van der Waals surface area contributed by atoms with Gasteiger partial charge >= 0.3 is 6.03 Å². The summed E-state index contributed by atoms with van der Waals surface area (Å²) in [7, 11) is 0. The van der Waals surface area contributed by atoms with Gasteiger partial charge in [-0.2, -0.15) is 4.68 Å². The lowest BCUT2D eigenvalue weighted by atomic mass is 10.1. The van der Waals surface area contributed by atoms with Gasteiger partial charge in [0.1, 0.15) is 5.52 Å². The van der Waals surface area contributed by atoms with E-state index in [1.54, 1.807) is 0 Å². The molecule has 1 aromatic heterocycles. The first kappa shape index (κ1) is 14.7. The van der Waals surface area contributed by atoms with E-state index in [4.69, 9.17) is 0 Å². The summed E-state index contributed by atoms with van der Waals surface area (Å²) in [5.41, 5.74) is 4.00. The molecule has 0 atom stereocenters. The molecule has 0 radical (unpaired) electrons. The third-order valence-corrected chi connectivity index (χ3v) is 4.54. The summed E-state index contributed by atoms with van der Waals surface area (Å²) >= 11 is 0. The van der Waals surface area contributed by atoms with Gasteiger partial charge in [-0.15, -0.1) is 5.10 Å². The smallest absolute Gasteiger partial charge is 0.346 e. The van der Waals surface area contributed by atoms with E-state index in [9.17, 15) is 4.79 Å². The predicted octanol–water partition coefficient (Wildman–Crippen LogP) is 2.53. The Morgan fingerprint density at radius 3 is 2.46 bits per heavy atom. The third kappa shape index (κ3) is 2.50. The Morgan fingerprint density at radius 2 is 1.67 bits per heavy atom. The molecule has 3 aromatic rings. The molecule has 6 nitrogen and oxygen atoms in total. The lowest BCUT2D eigenvalue weighted by Crippen LogP contribution is -2.50. The van der Waals surface area contributed by atoms with E-state index < -0.39 is 0 Å². The number of carbonyl (C=O) groups is 1. The van der Waals surface area contributed by atoms with E-state index in [2.05, 4.69) is 46.4 Å². The van der Waals surface area contributed by atoms with Crippen molar-refractivity contribution < 1.29 is 4.79 Å². The number of carbonyl (C=O) groups excluding carboxylic acids is 1. The van der Waals surface area contributed by atoms with Gasteiger partial charge in [-0.25, -0.2) is 4.79 Å². The molecule has 1 aliphatic heterocycles. The molecule has 0 unspecified atom stereocenters. The normalized spacial score (nSPS) is 15.0. The van der Waals surface area contributed by atoms with Crippen LogP contribution in [0.1, 0.15) is 5.56 Å². The first-order valence-electron chi connectivity index (χ1n) is 8.14. The molecule has 2 aromatic carbocycles. The molecule has 1 fully saturated rings. The van der Waals surface area contributed by atoms with Crippen molar-refractivity contribution in [3.63, 3.8) is 0 Å². The molecule has 1 aliphatic rings. The molecule has 2 heterocycles. The summed E-state index contributed by atoms with van der Waals surface area (Å²) in [6.07, 6.45) is 0. The Balaban J connectivity index is 1.50. The van der Waals surface area contributed by atoms with Crippen LogP contribution in [0.15, 0.2) is 48.5 Å². The molecule has 0 spiro atoms. The van der Waals surface area contributed by atoms with Crippen LogP contribution in [0.3, 0.4) is 0 Å². The van der Waals surface area contributed by atoms with Gasteiger partial charge in [0.15, 0.2) is 0 Å². The van der Waals surface area contributed by atoms with Crippen LogP contribution in [0.4, 0.5) is 10.5 Å². The number of aryl methyl sites for hydroxylation is 1. The van der Waals surface area contributed by atoms with E-state index in [1.807, 2.05) is 29.2 Å². The second-order valence-corrected chi connectivity index (χ2v) is 6.03. The number of rotatable bonds is 1. The second kappa shape index (κ2) is 5.96. The van der Waals surface area contributed by atoms with Crippen molar-refractivity contribution in [1.82, 2.24) is 19.9 Å². The summed E-state index contributed by atoms with van der Waals surface area (Å²) in [5, 5.41) is 8.09. The molecule has 1 saturated heterocycles. The first-order valence-corrected chi connectivity index (χ1v) is 8.14. The number of benzene rings is 2. The highest BCUT2D eigenvalue weighted by atomic mass is 16.2. The summed E-state index contributed by atoms with van der Waals surface area (Å²) in [4.78, 5) is 16.9. The topological polar surface area (TPSA) is 54.3 Å². The van der Waals surface area contributed by atoms with Gasteiger partial charge in [0.2, 0.25) is 0 Å². The van der Waals surface area contributed by atoms with Crippen LogP contribution in [0.25, 0.3) is 11.0 Å². The van der Waals surface area contributed by atoms with Crippen molar-refractivity contribution in [3.05, 3.63) is 54.1 Å². The van der Waals surface area contributed by atoms with Crippen LogP contribution in [-0.2, 0) is 0 Å². The van der Waals surface area contributed by atoms with Gasteiger partial charge in [0, 0.05) is 31.9 Å². The average molecular weight is 321 g/mol. The number of fused-ring (bicyclic) bond motifs is 1. The highest BCUT2D eigenvalue weighted by Crippen LogP contribution is 2.21. The maximum absolute atomic E-state index is 12.8. The van der Waals surface area contributed by atoms with Crippen molar-refractivity contribution in [2.24, 2.45) is 0 Å². The molecule has 4 rings (SSSR count). The SMILES string of the molecule is Cc1ccccc1N1CCN(C(=O)n2nnc3ccccc32)CC1. The van der Waals surface area contributed by atoms with Crippen molar-refractivity contribution in [2.75, 3.05) is 31.1 Å². The number of aromatic nitrogens is 3. The molecule has 6 heteroatoms. The van der Waals surface area contributed by atoms with E-state index in [0.717, 1.165) is 24.1 Å². The molecule has 0 saturated carbocycles. The fourth-order valence-electron chi connectivity index (χ4n) is 3.20. The molecular weight excluding hydrogens is 302 g/mol. The van der Waals surface area contributed by atoms with Crippen LogP contribution in [0, 0.1) is 6.92 Å². The number of piperazine rings is 1. The number of anilines is 1. The third-order valence-electron chi connectivity index (χ3n) is 4.54. The van der Waals surface area contributed by atoms with Crippen LogP contribution >= 0.6 is 0 Å². The zero-order chi connectivity index (χ0) is 16.5. The van der Waals surface area contributed by atoms with Crippen LogP contribution in [0.5, 0.6) is 0 Å². The minimum Gasteiger partial charge on any atom is -0.368 e. The predicted molar refractivity (Wildman–Crippen MR) is 93.3 cm³/mol. The standard InChI is InChI=1S/C18H19N5O/c1-14-6-2-4-8-16(14)21-10-12-22(13-11-21)18(24)23-17-9-5-3-7-15(17)19-20-23/h2-9H,10-13H2,1H3. The Kier molecular flexibility index (Phi) is 3.65. The van der Waals surface area contributed by atoms with Crippen LogP contribution in [-0.4, -0.2) is 52.1 Å². The zero-order valence-electron chi connectivity index (χ0n) is 13.6.